The van der Waals surface area contributed by atoms with Crippen molar-refractivity contribution in [2.75, 3.05) is 20.6 Å². The lowest BCUT2D eigenvalue weighted by Gasteiger charge is -2.26. The fourth-order valence-electron chi connectivity index (χ4n) is 1.88. The van der Waals surface area contributed by atoms with Gasteiger partial charge < -0.3 is 10.2 Å². The van der Waals surface area contributed by atoms with Gasteiger partial charge >= 0.3 is 0 Å². The van der Waals surface area contributed by atoms with Crippen LogP contribution in [0.1, 0.15) is 27.2 Å². The molecule has 0 aliphatic carbocycles. The van der Waals surface area contributed by atoms with Gasteiger partial charge in [-0.05, 0) is 34.4 Å². The molecule has 1 aliphatic heterocycles. The molecule has 3 unspecified atom stereocenters. The van der Waals surface area contributed by atoms with Crippen molar-refractivity contribution in [1.82, 2.24) is 10.2 Å². The van der Waals surface area contributed by atoms with Gasteiger partial charge in [0.05, 0.1) is 6.04 Å². The van der Waals surface area contributed by atoms with Crippen molar-refractivity contribution in [2.45, 2.75) is 44.5 Å². The number of nitrogens with zero attached hydrogens (tertiary/aromatic N) is 2. The minimum atomic E-state index is 0.462. The summed E-state index contributed by atoms with van der Waals surface area (Å²) in [4.78, 5) is 6.82. The van der Waals surface area contributed by atoms with Crippen LogP contribution in [0, 0.1) is 0 Å². The predicted molar refractivity (Wildman–Crippen MR) is 69.7 cm³/mol. The monoisotopic (exact) mass is 229 g/mol. The van der Waals surface area contributed by atoms with E-state index in [1.807, 2.05) is 11.8 Å². The molecule has 1 heterocycles. The standard InChI is InChI=1S/C11H23N3S/c1-8-6-10(3)15-11(12-8)13-9(2)7-14(4)5/h8-10H,6-7H2,1-5H3,(H,12,13). The van der Waals surface area contributed by atoms with Crippen LogP contribution >= 0.6 is 11.8 Å². The van der Waals surface area contributed by atoms with Gasteiger partial charge in [0.2, 0.25) is 0 Å². The van der Waals surface area contributed by atoms with Gasteiger partial charge in [-0.3, -0.25) is 4.99 Å². The number of aliphatic imine (C=N–C) groups is 1. The van der Waals surface area contributed by atoms with Crippen LogP contribution in [0.5, 0.6) is 0 Å². The molecule has 1 rings (SSSR count). The highest BCUT2D eigenvalue weighted by molar-refractivity contribution is 8.14. The van der Waals surface area contributed by atoms with E-state index in [1.54, 1.807) is 0 Å². The fraction of sp³-hybridized carbons (Fsp3) is 0.909. The molecule has 0 aromatic rings. The van der Waals surface area contributed by atoms with Gasteiger partial charge in [0.25, 0.3) is 0 Å². The van der Waals surface area contributed by atoms with E-state index < -0.39 is 0 Å². The second-order valence-corrected chi connectivity index (χ2v) is 6.18. The molecule has 1 N–H and O–H groups in total. The lowest BCUT2D eigenvalue weighted by Crippen LogP contribution is -2.40. The predicted octanol–water partition coefficient (Wildman–Crippen LogP) is 1.80. The first kappa shape index (κ1) is 12.8. The highest BCUT2D eigenvalue weighted by Crippen LogP contribution is 2.23. The van der Waals surface area contributed by atoms with Gasteiger partial charge in [-0.15, -0.1) is 0 Å². The van der Waals surface area contributed by atoms with E-state index in [-0.39, 0.29) is 0 Å². The van der Waals surface area contributed by atoms with Crippen LogP contribution in [0.2, 0.25) is 0 Å². The minimum Gasteiger partial charge on any atom is -0.361 e. The third kappa shape index (κ3) is 4.89. The maximum absolute atomic E-state index is 4.63. The molecule has 88 valence electrons. The minimum absolute atomic E-state index is 0.462. The summed E-state index contributed by atoms with van der Waals surface area (Å²) < 4.78 is 0. The second kappa shape index (κ2) is 5.75. The third-order valence-corrected chi connectivity index (χ3v) is 3.37. The molecule has 0 saturated carbocycles. The summed E-state index contributed by atoms with van der Waals surface area (Å²) in [6, 6.07) is 0.930. The van der Waals surface area contributed by atoms with Gasteiger partial charge in [0.1, 0.15) is 0 Å². The Morgan fingerprint density at radius 2 is 2.20 bits per heavy atom. The Labute approximate surface area is 97.7 Å². The summed E-state index contributed by atoms with van der Waals surface area (Å²) in [6.45, 7) is 7.71. The van der Waals surface area contributed by atoms with Crippen LogP contribution in [0.4, 0.5) is 0 Å². The third-order valence-electron chi connectivity index (χ3n) is 2.33. The van der Waals surface area contributed by atoms with E-state index in [0.29, 0.717) is 17.3 Å². The summed E-state index contributed by atoms with van der Waals surface area (Å²) in [5.41, 5.74) is 0. The first-order valence-electron chi connectivity index (χ1n) is 5.63. The Kier molecular flexibility index (Phi) is 4.93. The number of hydrogen-bond donors (Lipinski definition) is 1. The quantitative estimate of drug-likeness (QED) is 0.799. The lowest BCUT2D eigenvalue weighted by atomic mass is 10.2. The van der Waals surface area contributed by atoms with Gasteiger partial charge in [0, 0.05) is 17.8 Å². The van der Waals surface area contributed by atoms with Crippen molar-refractivity contribution in [3.05, 3.63) is 0 Å². The fourth-order valence-corrected chi connectivity index (χ4v) is 3.14. The number of hydrogen-bond acceptors (Lipinski definition) is 4. The first-order chi connectivity index (χ1) is 6.97. The molecule has 0 saturated heterocycles. The van der Waals surface area contributed by atoms with Crippen molar-refractivity contribution in [3.63, 3.8) is 0 Å². The normalized spacial score (nSPS) is 28.8. The van der Waals surface area contributed by atoms with Crippen molar-refractivity contribution >= 4 is 16.9 Å². The highest BCUT2D eigenvalue weighted by atomic mass is 32.2. The van der Waals surface area contributed by atoms with Crippen molar-refractivity contribution in [1.29, 1.82) is 0 Å². The molecule has 3 atom stereocenters. The Hall–Kier alpha value is -0.220. The van der Waals surface area contributed by atoms with Crippen molar-refractivity contribution in [3.8, 4) is 0 Å². The van der Waals surface area contributed by atoms with E-state index in [2.05, 4.69) is 50.1 Å². The van der Waals surface area contributed by atoms with E-state index in [1.165, 1.54) is 6.42 Å². The zero-order chi connectivity index (χ0) is 11.4. The molecule has 0 fully saturated rings. The average molecular weight is 229 g/mol. The highest BCUT2D eigenvalue weighted by Gasteiger charge is 2.19. The molecule has 0 amide bonds. The van der Waals surface area contributed by atoms with E-state index in [9.17, 15) is 0 Å². The lowest BCUT2D eigenvalue weighted by molar-refractivity contribution is 0.370. The average Bonchev–Trinajstić information content (AvgIpc) is 1.98. The summed E-state index contributed by atoms with van der Waals surface area (Å²) in [5, 5.41) is 5.29. The van der Waals surface area contributed by atoms with Gasteiger partial charge in [-0.2, -0.15) is 0 Å². The van der Waals surface area contributed by atoms with E-state index in [0.717, 1.165) is 11.7 Å². The number of nitrogens with one attached hydrogen (secondary N) is 1. The Balaban J connectivity index is 2.43. The number of thioether (sulfide) groups is 1. The summed E-state index contributed by atoms with van der Waals surface area (Å²) in [6.07, 6.45) is 1.19. The zero-order valence-corrected chi connectivity index (χ0v) is 11.3. The maximum Gasteiger partial charge on any atom is 0.157 e. The Morgan fingerprint density at radius 3 is 2.73 bits per heavy atom. The zero-order valence-electron chi connectivity index (χ0n) is 10.4. The molecular formula is C11H23N3S. The van der Waals surface area contributed by atoms with Crippen LogP contribution in [-0.4, -0.2) is 48.0 Å². The van der Waals surface area contributed by atoms with E-state index in [4.69, 9.17) is 0 Å². The van der Waals surface area contributed by atoms with Gasteiger partial charge in [0.15, 0.2) is 5.17 Å². The molecule has 4 heteroatoms. The van der Waals surface area contributed by atoms with Crippen LogP contribution in [-0.2, 0) is 0 Å². The summed E-state index contributed by atoms with van der Waals surface area (Å²) in [7, 11) is 4.19. The Bertz CT molecular complexity index is 228. The summed E-state index contributed by atoms with van der Waals surface area (Å²) in [5.74, 6) is 0. The maximum atomic E-state index is 4.63. The summed E-state index contributed by atoms with van der Waals surface area (Å²) >= 11 is 1.87. The molecule has 0 aromatic carbocycles. The van der Waals surface area contributed by atoms with Gasteiger partial charge in [-0.25, -0.2) is 0 Å². The number of likely N-dealkylation sites (N-methyl/N-ethyl adjacent to an activating group) is 1. The first-order valence-corrected chi connectivity index (χ1v) is 6.51. The second-order valence-electron chi connectivity index (χ2n) is 4.76. The van der Waals surface area contributed by atoms with Crippen molar-refractivity contribution in [2.24, 2.45) is 4.99 Å². The molecule has 0 bridgehead atoms. The number of amidine groups is 1. The van der Waals surface area contributed by atoms with Crippen LogP contribution in [0.25, 0.3) is 0 Å². The molecule has 1 aliphatic rings. The van der Waals surface area contributed by atoms with Crippen LogP contribution in [0.3, 0.4) is 0 Å². The molecule has 0 radical (unpaired) electrons. The van der Waals surface area contributed by atoms with Crippen molar-refractivity contribution < 1.29 is 0 Å². The molecule has 0 spiro atoms. The molecule has 15 heavy (non-hydrogen) atoms. The topological polar surface area (TPSA) is 27.6 Å². The Morgan fingerprint density at radius 1 is 1.53 bits per heavy atom. The largest absolute Gasteiger partial charge is 0.361 e. The van der Waals surface area contributed by atoms with E-state index >= 15 is 0 Å². The smallest absolute Gasteiger partial charge is 0.157 e. The van der Waals surface area contributed by atoms with Gasteiger partial charge in [-0.1, -0.05) is 18.7 Å². The SMILES string of the molecule is CC1CC(C)SC(NC(C)CN(C)C)=N1. The molecule has 0 aromatic heterocycles. The van der Waals surface area contributed by atoms with Crippen LogP contribution in [0.15, 0.2) is 4.99 Å². The van der Waals surface area contributed by atoms with Crippen LogP contribution < -0.4 is 5.32 Å². The molecule has 3 nitrogen and oxygen atoms in total. The molecular weight excluding hydrogens is 206 g/mol. The number of rotatable bonds is 3.